The van der Waals surface area contributed by atoms with Crippen LogP contribution in [0.1, 0.15) is 24.8 Å². The molecule has 0 amide bonds. The van der Waals surface area contributed by atoms with Crippen molar-refractivity contribution in [3.05, 3.63) is 41.2 Å². The topological polar surface area (TPSA) is 38.3 Å². The molecular weight excluding hydrogens is 245 g/mol. The maximum Gasteiger partial charge on any atom is 0.335 e. The third-order valence-electron chi connectivity index (χ3n) is 3.96. The Kier molecular flexibility index (Phi) is 3.11. The zero-order valence-electron chi connectivity index (χ0n) is 10.8. The molecule has 3 nitrogen and oxygen atoms in total. The van der Waals surface area contributed by atoms with Crippen molar-refractivity contribution >= 4 is 11.5 Å². The summed E-state index contributed by atoms with van der Waals surface area (Å²) in [4.78, 5) is 12.0. The SMILES string of the molecule is COC(=O)C1=C(c2ccc(F)cc2)CC2CC[C@H]1N2. The molecule has 19 heavy (non-hydrogen) atoms. The van der Waals surface area contributed by atoms with Gasteiger partial charge >= 0.3 is 5.97 Å². The van der Waals surface area contributed by atoms with Gasteiger partial charge in [0.2, 0.25) is 0 Å². The fourth-order valence-electron chi connectivity index (χ4n) is 3.07. The molecule has 2 bridgehead atoms. The van der Waals surface area contributed by atoms with E-state index in [9.17, 15) is 9.18 Å². The zero-order chi connectivity index (χ0) is 13.4. The highest BCUT2D eigenvalue weighted by molar-refractivity contribution is 5.99. The summed E-state index contributed by atoms with van der Waals surface area (Å²) in [5, 5.41) is 3.43. The molecule has 0 saturated carbocycles. The van der Waals surface area contributed by atoms with Gasteiger partial charge in [0, 0.05) is 12.1 Å². The molecule has 2 heterocycles. The minimum atomic E-state index is -0.280. The Morgan fingerprint density at radius 2 is 2.05 bits per heavy atom. The van der Waals surface area contributed by atoms with Crippen molar-refractivity contribution in [2.75, 3.05) is 7.11 Å². The monoisotopic (exact) mass is 261 g/mol. The third-order valence-corrected chi connectivity index (χ3v) is 3.96. The molecule has 2 aliphatic rings. The molecule has 1 fully saturated rings. The standard InChI is InChI=1S/C15H16FNO2/c1-19-15(18)14-12(8-11-6-7-13(14)17-11)9-2-4-10(16)5-3-9/h2-5,11,13,17H,6-8H2,1H3/t11?,13-/m1/s1. The summed E-state index contributed by atoms with van der Waals surface area (Å²) in [5.74, 6) is -0.543. The summed E-state index contributed by atoms with van der Waals surface area (Å²) in [5.41, 5.74) is 2.63. The van der Waals surface area contributed by atoms with Crippen LogP contribution in [0.5, 0.6) is 0 Å². The molecule has 1 saturated heterocycles. The number of fused-ring (bicyclic) bond motifs is 2. The third kappa shape index (κ3) is 2.16. The van der Waals surface area contributed by atoms with Gasteiger partial charge < -0.3 is 10.1 Å². The van der Waals surface area contributed by atoms with E-state index < -0.39 is 0 Å². The van der Waals surface area contributed by atoms with E-state index in [2.05, 4.69) is 5.32 Å². The van der Waals surface area contributed by atoms with Crippen LogP contribution in [0.4, 0.5) is 4.39 Å². The van der Waals surface area contributed by atoms with Crippen molar-refractivity contribution in [2.24, 2.45) is 0 Å². The molecule has 0 radical (unpaired) electrons. The Bertz CT molecular complexity index is 536. The van der Waals surface area contributed by atoms with E-state index in [1.54, 1.807) is 12.1 Å². The smallest absolute Gasteiger partial charge is 0.335 e. The number of esters is 1. The molecule has 3 rings (SSSR count). The summed E-state index contributed by atoms with van der Waals surface area (Å²) < 4.78 is 17.9. The van der Waals surface area contributed by atoms with Crippen LogP contribution in [0.25, 0.3) is 5.57 Å². The second-order valence-electron chi connectivity index (χ2n) is 5.09. The van der Waals surface area contributed by atoms with Gasteiger partial charge in [-0.2, -0.15) is 0 Å². The van der Waals surface area contributed by atoms with E-state index >= 15 is 0 Å². The Labute approximate surface area is 111 Å². The normalized spacial score (nSPS) is 25.6. The van der Waals surface area contributed by atoms with Crippen LogP contribution in [-0.2, 0) is 9.53 Å². The molecule has 2 atom stereocenters. The Morgan fingerprint density at radius 3 is 2.74 bits per heavy atom. The molecule has 1 aromatic carbocycles. The van der Waals surface area contributed by atoms with Crippen molar-refractivity contribution in [1.82, 2.24) is 5.32 Å². The van der Waals surface area contributed by atoms with Gasteiger partial charge in [-0.3, -0.25) is 0 Å². The molecule has 2 aliphatic heterocycles. The van der Waals surface area contributed by atoms with E-state index in [4.69, 9.17) is 4.74 Å². The van der Waals surface area contributed by atoms with Crippen LogP contribution in [0.2, 0.25) is 0 Å². The number of nitrogens with one attached hydrogen (secondary N) is 1. The molecule has 1 aromatic rings. The minimum absolute atomic E-state index is 0.0752. The number of carbonyl (C=O) groups excluding carboxylic acids is 1. The lowest BCUT2D eigenvalue weighted by Gasteiger charge is -2.26. The zero-order valence-corrected chi connectivity index (χ0v) is 10.8. The average molecular weight is 261 g/mol. The number of hydrogen-bond acceptors (Lipinski definition) is 3. The first kappa shape index (κ1) is 12.4. The van der Waals surface area contributed by atoms with Crippen molar-refractivity contribution < 1.29 is 13.9 Å². The predicted octanol–water partition coefficient (Wildman–Crippen LogP) is 2.28. The van der Waals surface area contributed by atoms with Gasteiger partial charge in [0.1, 0.15) is 5.82 Å². The Morgan fingerprint density at radius 1 is 1.32 bits per heavy atom. The number of ether oxygens (including phenoxy) is 1. The molecular formula is C15H16FNO2. The van der Waals surface area contributed by atoms with Gasteiger partial charge in [0.15, 0.2) is 0 Å². The highest BCUT2D eigenvalue weighted by Gasteiger charge is 2.37. The molecule has 0 spiro atoms. The first-order valence-electron chi connectivity index (χ1n) is 6.52. The van der Waals surface area contributed by atoms with Crippen LogP contribution < -0.4 is 5.32 Å². The van der Waals surface area contributed by atoms with Crippen LogP contribution in [0.3, 0.4) is 0 Å². The largest absolute Gasteiger partial charge is 0.466 e. The summed E-state index contributed by atoms with van der Waals surface area (Å²) in [6.45, 7) is 0. The lowest BCUT2D eigenvalue weighted by atomic mass is 9.90. The first-order chi connectivity index (χ1) is 9.19. The summed E-state index contributed by atoms with van der Waals surface area (Å²) >= 11 is 0. The molecule has 1 unspecified atom stereocenters. The van der Waals surface area contributed by atoms with Gasteiger partial charge in [-0.15, -0.1) is 0 Å². The van der Waals surface area contributed by atoms with Crippen molar-refractivity contribution in [1.29, 1.82) is 0 Å². The Balaban J connectivity index is 2.07. The quantitative estimate of drug-likeness (QED) is 0.830. The number of methoxy groups -OCH3 is 1. The fourth-order valence-corrected chi connectivity index (χ4v) is 3.07. The van der Waals surface area contributed by atoms with Crippen LogP contribution >= 0.6 is 0 Å². The highest BCUT2D eigenvalue weighted by Crippen LogP contribution is 2.37. The summed E-state index contributed by atoms with van der Waals surface area (Å²) in [6.07, 6.45) is 2.82. The Hall–Kier alpha value is -1.68. The van der Waals surface area contributed by atoms with Crippen LogP contribution in [0, 0.1) is 5.82 Å². The van der Waals surface area contributed by atoms with Crippen molar-refractivity contribution in [3.8, 4) is 0 Å². The predicted molar refractivity (Wildman–Crippen MR) is 69.9 cm³/mol. The van der Waals surface area contributed by atoms with Gasteiger partial charge in [-0.25, -0.2) is 9.18 Å². The number of carbonyl (C=O) groups is 1. The average Bonchev–Trinajstić information content (AvgIpc) is 2.80. The van der Waals surface area contributed by atoms with Gasteiger partial charge in [-0.1, -0.05) is 12.1 Å². The van der Waals surface area contributed by atoms with Crippen LogP contribution in [0.15, 0.2) is 29.8 Å². The summed E-state index contributed by atoms with van der Waals surface area (Å²) in [6, 6.07) is 6.82. The van der Waals surface area contributed by atoms with E-state index in [-0.39, 0.29) is 17.8 Å². The van der Waals surface area contributed by atoms with E-state index in [0.717, 1.165) is 30.4 Å². The lowest BCUT2D eigenvalue weighted by Crippen LogP contribution is -2.38. The van der Waals surface area contributed by atoms with E-state index in [1.807, 2.05) is 0 Å². The first-order valence-corrected chi connectivity index (χ1v) is 6.52. The fraction of sp³-hybridized carbons (Fsp3) is 0.400. The lowest BCUT2D eigenvalue weighted by molar-refractivity contribution is -0.136. The number of rotatable bonds is 2. The van der Waals surface area contributed by atoms with Gasteiger partial charge in [-0.05, 0) is 42.5 Å². The maximum atomic E-state index is 13.0. The second-order valence-corrected chi connectivity index (χ2v) is 5.09. The molecule has 1 N–H and O–H groups in total. The number of halogens is 1. The molecule has 100 valence electrons. The van der Waals surface area contributed by atoms with Gasteiger partial charge in [0.05, 0.1) is 12.7 Å². The van der Waals surface area contributed by atoms with E-state index in [0.29, 0.717) is 11.6 Å². The maximum absolute atomic E-state index is 13.0. The molecule has 4 heteroatoms. The molecule has 0 aromatic heterocycles. The van der Waals surface area contributed by atoms with E-state index in [1.165, 1.54) is 19.2 Å². The minimum Gasteiger partial charge on any atom is -0.466 e. The van der Waals surface area contributed by atoms with Gasteiger partial charge in [0.25, 0.3) is 0 Å². The highest BCUT2D eigenvalue weighted by atomic mass is 19.1. The number of hydrogen-bond donors (Lipinski definition) is 1. The summed E-state index contributed by atoms with van der Waals surface area (Å²) in [7, 11) is 1.40. The second kappa shape index (κ2) is 4.78. The number of benzene rings is 1. The molecule has 0 aliphatic carbocycles. The van der Waals surface area contributed by atoms with Crippen molar-refractivity contribution in [2.45, 2.75) is 31.3 Å². The van der Waals surface area contributed by atoms with Crippen molar-refractivity contribution in [3.63, 3.8) is 0 Å². The van der Waals surface area contributed by atoms with Crippen LogP contribution in [-0.4, -0.2) is 25.2 Å².